The molecule has 1 nitrogen and oxygen atoms in total. The van der Waals surface area contributed by atoms with Crippen molar-refractivity contribution in [1.82, 2.24) is 5.32 Å². The van der Waals surface area contributed by atoms with E-state index in [1.54, 1.807) is 0 Å². The number of likely N-dealkylation sites (N-methyl/N-ethyl adjacent to an activating group) is 1. The standard InChI is InChI=1S/C12H17F2N/c1-4-15-8-12(2,3)9-5-10(13)7-11(14)6-9/h5-7,15H,4,8H2,1-3H3. The molecule has 0 fully saturated rings. The van der Waals surface area contributed by atoms with Gasteiger partial charge in [-0.15, -0.1) is 0 Å². The fourth-order valence-corrected chi connectivity index (χ4v) is 1.48. The van der Waals surface area contributed by atoms with Crippen molar-refractivity contribution in [2.45, 2.75) is 26.2 Å². The minimum absolute atomic E-state index is 0.265. The van der Waals surface area contributed by atoms with Crippen molar-refractivity contribution in [2.24, 2.45) is 0 Å². The molecule has 0 atom stereocenters. The van der Waals surface area contributed by atoms with E-state index in [1.165, 1.54) is 12.1 Å². The van der Waals surface area contributed by atoms with Crippen LogP contribution in [-0.2, 0) is 5.41 Å². The summed E-state index contributed by atoms with van der Waals surface area (Å²) in [4.78, 5) is 0. The molecule has 0 spiro atoms. The average molecular weight is 213 g/mol. The molecular formula is C12H17F2N. The Morgan fingerprint density at radius 2 is 1.67 bits per heavy atom. The third-order valence-corrected chi connectivity index (χ3v) is 2.46. The van der Waals surface area contributed by atoms with Crippen LogP contribution in [-0.4, -0.2) is 13.1 Å². The predicted octanol–water partition coefficient (Wildman–Crippen LogP) is 2.85. The summed E-state index contributed by atoms with van der Waals surface area (Å²) in [6.45, 7) is 7.48. The smallest absolute Gasteiger partial charge is 0.126 e. The van der Waals surface area contributed by atoms with Crippen molar-refractivity contribution < 1.29 is 8.78 Å². The highest BCUT2D eigenvalue weighted by Crippen LogP contribution is 2.23. The largest absolute Gasteiger partial charge is 0.316 e. The first-order valence-electron chi connectivity index (χ1n) is 5.13. The Morgan fingerprint density at radius 3 is 2.13 bits per heavy atom. The summed E-state index contributed by atoms with van der Waals surface area (Å²) in [6.07, 6.45) is 0. The van der Waals surface area contributed by atoms with Crippen LogP contribution in [0.2, 0.25) is 0 Å². The lowest BCUT2D eigenvalue weighted by molar-refractivity contribution is 0.468. The van der Waals surface area contributed by atoms with Crippen LogP contribution in [0.15, 0.2) is 18.2 Å². The van der Waals surface area contributed by atoms with Gasteiger partial charge >= 0.3 is 0 Å². The monoisotopic (exact) mass is 213 g/mol. The lowest BCUT2D eigenvalue weighted by Crippen LogP contribution is -2.33. The van der Waals surface area contributed by atoms with E-state index in [4.69, 9.17) is 0 Å². The Morgan fingerprint density at radius 1 is 1.13 bits per heavy atom. The summed E-state index contributed by atoms with van der Waals surface area (Å²) in [7, 11) is 0. The van der Waals surface area contributed by atoms with Crippen LogP contribution in [0.5, 0.6) is 0 Å². The predicted molar refractivity (Wildman–Crippen MR) is 57.9 cm³/mol. The molecule has 1 rings (SSSR count). The van der Waals surface area contributed by atoms with Gasteiger partial charge in [0.15, 0.2) is 0 Å². The van der Waals surface area contributed by atoms with E-state index in [9.17, 15) is 8.78 Å². The van der Waals surface area contributed by atoms with Crippen molar-refractivity contribution in [1.29, 1.82) is 0 Å². The van der Waals surface area contributed by atoms with Crippen molar-refractivity contribution in [3.63, 3.8) is 0 Å². The molecule has 0 amide bonds. The molecule has 0 aliphatic rings. The third-order valence-electron chi connectivity index (χ3n) is 2.46. The molecule has 1 aromatic carbocycles. The SMILES string of the molecule is CCNCC(C)(C)c1cc(F)cc(F)c1. The molecule has 0 heterocycles. The Kier molecular flexibility index (Phi) is 3.80. The molecule has 1 N–H and O–H groups in total. The Hall–Kier alpha value is -0.960. The summed E-state index contributed by atoms with van der Waals surface area (Å²) >= 11 is 0. The van der Waals surface area contributed by atoms with Gasteiger partial charge in [-0.25, -0.2) is 8.78 Å². The minimum Gasteiger partial charge on any atom is -0.316 e. The van der Waals surface area contributed by atoms with E-state index in [-0.39, 0.29) is 5.41 Å². The van der Waals surface area contributed by atoms with Gasteiger partial charge in [0.05, 0.1) is 0 Å². The fourth-order valence-electron chi connectivity index (χ4n) is 1.48. The highest BCUT2D eigenvalue weighted by atomic mass is 19.1. The van der Waals surface area contributed by atoms with Crippen LogP contribution < -0.4 is 5.32 Å². The lowest BCUT2D eigenvalue weighted by atomic mass is 9.84. The van der Waals surface area contributed by atoms with E-state index in [0.29, 0.717) is 12.1 Å². The maximum absolute atomic E-state index is 13.0. The summed E-state index contributed by atoms with van der Waals surface area (Å²) in [5.74, 6) is -1.04. The van der Waals surface area contributed by atoms with Gasteiger partial charge in [-0.05, 0) is 24.2 Å². The summed E-state index contributed by atoms with van der Waals surface area (Å²) in [6, 6.07) is 3.67. The molecule has 0 saturated carbocycles. The molecule has 84 valence electrons. The molecule has 1 aromatic rings. The van der Waals surface area contributed by atoms with Crippen LogP contribution in [0, 0.1) is 11.6 Å². The second kappa shape index (κ2) is 4.71. The third kappa shape index (κ3) is 3.27. The van der Waals surface area contributed by atoms with E-state index in [2.05, 4.69) is 5.32 Å². The van der Waals surface area contributed by atoms with Gasteiger partial charge in [0.2, 0.25) is 0 Å². The van der Waals surface area contributed by atoms with Gasteiger partial charge in [-0.1, -0.05) is 20.8 Å². The topological polar surface area (TPSA) is 12.0 Å². The average Bonchev–Trinajstić information content (AvgIpc) is 2.13. The molecule has 15 heavy (non-hydrogen) atoms. The van der Waals surface area contributed by atoms with E-state index in [1.807, 2.05) is 20.8 Å². The number of hydrogen-bond donors (Lipinski definition) is 1. The van der Waals surface area contributed by atoms with Crippen molar-refractivity contribution in [3.05, 3.63) is 35.4 Å². The van der Waals surface area contributed by atoms with Gasteiger partial charge in [-0.3, -0.25) is 0 Å². The quantitative estimate of drug-likeness (QED) is 0.811. The number of hydrogen-bond acceptors (Lipinski definition) is 1. The first kappa shape index (κ1) is 12.1. The van der Waals surface area contributed by atoms with Gasteiger partial charge in [0, 0.05) is 18.0 Å². The highest BCUT2D eigenvalue weighted by Gasteiger charge is 2.21. The van der Waals surface area contributed by atoms with E-state index >= 15 is 0 Å². The minimum atomic E-state index is -0.519. The zero-order chi connectivity index (χ0) is 11.5. The summed E-state index contributed by atoms with van der Waals surface area (Å²) < 4.78 is 26.0. The van der Waals surface area contributed by atoms with Gasteiger partial charge in [0.25, 0.3) is 0 Å². The maximum atomic E-state index is 13.0. The van der Waals surface area contributed by atoms with Crippen molar-refractivity contribution in [3.8, 4) is 0 Å². The van der Waals surface area contributed by atoms with Crippen LogP contribution >= 0.6 is 0 Å². The Balaban J connectivity index is 2.93. The van der Waals surface area contributed by atoms with Gasteiger partial charge < -0.3 is 5.32 Å². The first-order valence-corrected chi connectivity index (χ1v) is 5.13. The Bertz CT molecular complexity index is 314. The van der Waals surface area contributed by atoms with Crippen molar-refractivity contribution in [2.75, 3.05) is 13.1 Å². The first-order chi connectivity index (χ1) is 6.95. The maximum Gasteiger partial charge on any atom is 0.126 e. The summed E-state index contributed by atoms with van der Waals surface area (Å²) in [5.41, 5.74) is 0.417. The number of rotatable bonds is 4. The molecule has 0 aromatic heterocycles. The fraction of sp³-hybridized carbons (Fsp3) is 0.500. The second-order valence-corrected chi connectivity index (χ2v) is 4.32. The molecule has 0 saturated heterocycles. The molecule has 0 aliphatic carbocycles. The number of halogens is 2. The van der Waals surface area contributed by atoms with E-state index in [0.717, 1.165) is 12.6 Å². The summed E-state index contributed by atoms with van der Waals surface area (Å²) in [5, 5.41) is 3.18. The Labute approximate surface area is 89.5 Å². The van der Waals surface area contributed by atoms with Crippen LogP contribution in [0.3, 0.4) is 0 Å². The molecule has 0 bridgehead atoms. The molecule has 3 heteroatoms. The molecular weight excluding hydrogens is 196 g/mol. The normalized spacial score (nSPS) is 11.8. The van der Waals surface area contributed by atoms with Gasteiger partial charge in [0.1, 0.15) is 11.6 Å². The van der Waals surface area contributed by atoms with Gasteiger partial charge in [-0.2, -0.15) is 0 Å². The zero-order valence-corrected chi connectivity index (χ0v) is 9.40. The van der Waals surface area contributed by atoms with Crippen LogP contribution in [0.25, 0.3) is 0 Å². The van der Waals surface area contributed by atoms with Crippen molar-refractivity contribution >= 4 is 0 Å². The molecule has 0 aliphatic heterocycles. The lowest BCUT2D eigenvalue weighted by Gasteiger charge is -2.25. The zero-order valence-electron chi connectivity index (χ0n) is 9.40. The second-order valence-electron chi connectivity index (χ2n) is 4.32. The van der Waals surface area contributed by atoms with Crippen LogP contribution in [0.4, 0.5) is 8.78 Å². The molecule has 0 radical (unpaired) electrons. The number of benzene rings is 1. The highest BCUT2D eigenvalue weighted by molar-refractivity contribution is 5.25. The van der Waals surface area contributed by atoms with E-state index < -0.39 is 11.6 Å². The van der Waals surface area contributed by atoms with Crippen LogP contribution in [0.1, 0.15) is 26.3 Å². The molecule has 0 unspecified atom stereocenters. The number of nitrogens with one attached hydrogen (secondary N) is 1.